The van der Waals surface area contributed by atoms with Gasteiger partial charge in [-0.3, -0.25) is 14.3 Å². The first kappa shape index (κ1) is 11.4. The molecule has 2 aromatic rings. The van der Waals surface area contributed by atoms with E-state index in [2.05, 4.69) is 4.98 Å². The third-order valence-electron chi connectivity index (χ3n) is 2.01. The highest BCUT2D eigenvalue weighted by Gasteiger charge is 2.06. The molecule has 1 aromatic heterocycles. The lowest BCUT2D eigenvalue weighted by molar-refractivity contribution is 0.937. The number of rotatable bonds is 1. The maximum atomic E-state index is 11.0. The molecule has 0 bridgehead atoms. The Morgan fingerprint density at radius 1 is 1.25 bits per heavy atom. The number of hydrogen-bond acceptors (Lipinski definition) is 2. The fourth-order valence-electron chi connectivity index (χ4n) is 1.29. The van der Waals surface area contributed by atoms with Crippen molar-refractivity contribution in [2.75, 3.05) is 0 Å². The standard InChI is InChI=1S/C10H6Cl2N2OS/c11-6-2-1-3-7(9(6)12)14-5-4-8(15)13-10(14)16/h1-5H,(H,13,15,16). The normalized spacial score (nSPS) is 10.4. The third-order valence-corrected chi connectivity index (χ3v) is 3.12. The molecule has 82 valence electrons. The zero-order valence-electron chi connectivity index (χ0n) is 7.91. The Balaban J connectivity index is 2.73. The average Bonchev–Trinajstić information content (AvgIpc) is 2.23. The molecular formula is C10H6Cl2N2OS. The molecule has 0 unspecified atom stereocenters. The van der Waals surface area contributed by atoms with E-state index in [1.807, 2.05) is 0 Å². The quantitative estimate of drug-likeness (QED) is 0.810. The lowest BCUT2D eigenvalue weighted by Crippen LogP contribution is -2.10. The summed E-state index contributed by atoms with van der Waals surface area (Å²) in [6.07, 6.45) is 1.55. The van der Waals surface area contributed by atoms with E-state index in [0.29, 0.717) is 15.7 Å². The first-order chi connectivity index (χ1) is 7.59. The molecule has 0 saturated carbocycles. The number of nitrogens with zero attached hydrogens (tertiary/aromatic N) is 1. The van der Waals surface area contributed by atoms with E-state index in [1.165, 1.54) is 6.07 Å². The molecule has 3 nitrogen and oxygen atoms in total. The van der Waals surface area contributed by atoms with Crippen molar-refractivity contribution in [1.29, 1.82) is 0 Å². The van der Waals surface area contributed by atoms with Crippen molar-refractivity contribution in [3.63, 3.8) is 0 Å². The lowest BCUT2D eigenvalue weighted by Gasteiger charge is -2.08. The number of benzene rings is 1. The predicted molar refractivity (Wildman–Crippen MR) is 67.2 cm³/mol. The van der Waals surface area contributed by atoms with E-state index in [1.54, 1.807) is 29.0 Å². The Labute approximate surface area is 106 Å². The van der Waals surface area contributed by atoms with Gasteiger partial charge in [0.2, 0.25) is 0 Å². The average molecular weight is 273 g/mol. The number of aromatic amines is 1. The van der Waals surface area contributed by atoms with Crippen LogP contribution in [0.5, 0.6) is 0 Å². The van der Waals surface area contributed by atoms with E-state index >= 15 is 0 Å². The van der Waals surface area contributed by atoms with Crippen LogP contribution in [-0.2, 0) is 0 Å². The highest BCUT2D eigenvalue weighted by molar-refractivity contribution is 7.71. The van der Waals surface area contributed by atoms with Crippen LogP contribution in [0.4, 0.5) is 0 Å². The van der Waals surface area contributed by atoms with Crippen LogP contribution in [-0.4, -0.2) is 9.55 Å². The number of nitrogens with one attached hydrogen (secondary N) is 1. The molecule has 0 saturated heterocycles. The summed E-state index contributed by atoms with van der Waals surface area (Å²) in [4.78, 5) is 13.5. The minimum absolute atomic E-state index is 0.251. The van der Waals surface area contributed by atoms with E-state index < -0.39 is 0 Å². The minimum atomic E-state index is -0.251. The largest absolute Gasteiger partial charge is 0.299 e. The molecule has 1 aromatic carbocycles. The molecule has 0 radical (unpaired) electrons. The molecule has 0 aliphatic rings. The number of H-pyrrole nitrogens is 1. The van der Waals surface area contributed by atoms with Crippen LogP contribution in [0.3, 0.4) is 0 Å². The lowest BCUT2D eigenvalue weighted by atomic mass is 10.3. The zero-order valence-corrected chi connectivity index (χ0v) is 10.2. The van der Waals surface area contributed by atoms with Crippen LogP contribution < -0.4 is 5.56 Å². The van der Waals surface area contributed by atoms with Crippen LogP contribution in [0.15, 0.2) is 35.3 Å². The van der Waals surface area contributed by atoms with Gasteiger partial charge in [0.1, 0.15) is 0 Å². The third kappa shape index (κ3) is 2.04. The highest BCUT2D eigenvalue weighted by Crippen LogP contribution is 2.28. The molecule has 0 spiro atoms. The molecule has 0 aliphatic heterocycles. The second kappa shape index (κ2) is 4.41. The van der Waals surface area contributed by atoms with Crippen LogP contribution >= 0.6 is 35.4 Å². The topological polar surface area (TPSA) is 37.8 Å². The van der Waals surface area contributed by atoms with Gasteiger partial charge in [0.05, 0.1) is 15.7 Å². The van der Waals surface area contributed by atoms with Crippen molar-refractivity contribution < 1.29 is 0 Å². The summed E-state index contributed by atoms with van der Waals surface area (Å²) in [5, 5.41) is 0.833. The first-order valence-electron chi connectivity index (χ1n) is 4.36. The van der Waals surface area contributed by atoms with Gasteiger partial charge >= 0.3 is 0 Å². The fourth-order valence-corrected chi connectivity index (χ4v) is 1.93. The first-order valence-corrected chi connectivity index (χ1v) is 5.52. The van der Waals surface area contributed by atoms with Gasteiger partial charge < -0.3 is 0 Å². The summed E-state index contributed by atoms with van der Waals surface area (Å²) in [7, 11) is 0. The van der Waals surface area contributed by atoms with Gasteiger partial charge in [-0.25, -0.2) is 0 Å². The van der Waals surface area contributed by atoms with Crippen molar-refractivity contribution >= 4 is 35.4 Å². The summed E-state index contributed by atoms with van der Waals surface area (Å²) in [5.74, 6) is 0. The summed E-state index contributed by atoms with van der Waals surface area (Å²) < 4.78 is 1.86. The van der Waals surface area contributed by atoms with Gasteiger partial charge in [-0.2, -0.15) is 0 Å². The predicted octanol–water partition coefficient (Wildman–Crippen LogP) is 3.20. The number of hydrogen-bond donors (Lipinski definition) is 1. The second-order valence-electron chi connectivity index (χ2n) is 3.05. The molecule has 0 fully saturated rings. The molecule has 0 aliphatic carbocycles. The van der Waals surface area contributed by atoms with E-state index in [-0.39, 0.29) is 10.3 Å². The Morgan fingerprint density at radius 2 is 2.00 bits per heavy atom. The van der Waals surface area contributed by atoms with Crippen LogP contribution in [0, 0.1) is 4.77 Å². The summed E-state index contributed by atoms with van der Waals surface area (Å²) in [6.45, 7) is 0. The van der Waals surface area contributed by atoms with Gasteiger partial charge in [-0.1, -0.05) is 29.3 Å². The maximum absolute atomic E-state index is 11.0. The van der Waals surface area contributed by atoms with Crippen LogP contribution in [0.2, 0.25) is 10.0 Å². The molecule has 2 rings (SSSR count). The van der Waals surface area contributed by atoms with Gasteiger partial charge in [-0.15, -0.1) is 0 Å². The molecule has 1 heterocycles. The summed E-state index contributed by atoms with van der Waals surface area (Å²) in [6, 6.07) is 6.58. The van der Waals surface area contributed by atoms with Crippen molar-refractivity contribution in [1.82, 2.24) is 9.55 Å². The Kier molecular flexibility index (Phi) is 3.14. The Bertz CT molecular complexity index is 648. The van der Waals surface area contributed by atoms with Crippen molar-refractivity contribution in [2.45, 2.75) is 0 Å². The Hall–Kier alpha value is -1.10. The Morgan fingerprint density at radius 3 is 2.69 bits per heavy atom. The molecule has 0 amide bonds. The van der Waals surface area contributed by atoms with Gasteiger partial charge in [0.25, 0.3) is 5.56 Å². The van der Waals surface area contributed by atoms with Gasteiger partial charge in [0, 0.05) is 12.3 Å². The fraction of sp³-hybridized carbons (Fsp3) is 0. The number of aromatic nitrogens is 2. The van der Waals surface area contributed by atoms with Gasteiger partial charge in [-0.05, 0) is 24.4 Å². The number of halogens is 2. The van der Waals surface area contributed by atoms with Crippen molar-refractivity contribution in [3.05, 3.63) is 55.6 Å². The van der Waals surface area contributed by atoms with Gasteiger partial charge in [0.15, 0.2) is 4.77 Å². The van der Waals surface area contributed by atoms with E-state index in [4.69, 9.17) is 35.4 Å². The van der Waals surface area contributed by atoms with E-state index in [9.17, 15) is 4.79 Å². The zero-order chi connectivity index (χ0) is 11.7. The summed E-state index contributed by atoms with van der Waals surface area (Å²) in [5.41, 5.74) is 0.384. The molecule has 0 atom stereocenters. The SMILES string of the molecule is O=c1ccn(-c2cccc(Cl)c2Cl)c(=S)[nH]1. The summed E-state index contributed by atoms with van der Waals surface area (Å²) >= 11 is 17.0. The van der Waals surface area contributed by atoms with Crippen LogP contribution in [0.25, 0.3) is 5.69 Å². The maximum Gasteiger partial charge on any atom is 0.251 e. The van der Waals surface area contributed by atoms with Crippen molar-refractivity contribution in [2.24, 2.45) is 0 Å². The minimum Gasteiger partial charge on any atom is -0.299 e. The molecule has 6 heteroatoms. The molecule has 1 N–H and O–H groups in total. The molecular weight excluding hydrogens is 267 g/mol. The smallest absolute Gasteiger partial charge is 0.251 e. The monoisotopic (exact) mass is 272 g/mol. The van der Waals surface area contributed by atoms with E-state index in [0.717, 1.165) is 0 Å². The highest BCUT2D eigenvalue weighted by atomic mass is 35.5. The van der Waals surface area contributed by atoms with Crippen LogP contribution in [0.1, 0.15) is 0 Å². The molecule has 16 heavy (non-hydrogen) atoms. The second-order valence-corrected chi connectivity index (χ2v) is 4.22. The van der Waals surface area contributed by atoms with Crippen molar-refractivity contribution in [3.8, 4) is 5.69 Å².